The summed E-state index contributed by atoms with van der Waals surface area (Å²) in [5, 5.41) is 15.7. The Hall–Kier alpha value is -3.23. The van der Waals surface area contributed by atoms with E-state index in [4.69, 9.17) is 4.74 Å². The second-order valence-electron chi connectivity index (χ2n) is 8.35. The zero-order valence-corrected chi connectivity index (χ0v) is 18.3. The molecule has 0 bridgehead atoms. The Kier molecular flexibility index (Phi) is 6.82. The summed E-state index contributed by atoms with van der Waals surface area (Å²) in [6, 6.07) is 17.7. The first-order valence-electron chi connectivity index (χ1n) is 10.7. The fraction of sp³-hybridized carbons (Fsp3) is 0.375. The second kappa shape index (κ2) is 9.93. The Bertz CT molecular complexity index is 994. The summed E-state index contributed by atoms with van der Waals surface area (Å²) < 4.78 is 6.82. The van der Waals surface area contributed by atoms with Crippen molar-refractivity contribution < 1.29 is 14.6 Å². The number of ether oxygens (including phenoxy) is 1. The minimum atomic E-state index is -1.14. The van der Waals surface area contributed by atoms with E-state index >= 15 is 0 Å². The number of hydrogen-bond acceptors (Lipinski definition) is 6. The molecule has 168 valence electrons. The third-order valence-electron chi connectivity index (χ3n) is 5.73. The van der Waals surface area contributed by atoms with Gasteiger partial charge in [0.25, 0.3) is 0 Å². The van der Waals surface area contributed by atoms with Crippen LogP contribution in [0, 0.1) is 0 Å². The van der Waals surface area contributed by atoms with Gasteiger partial charge >= 0.3 is 0 Å². The van der Waals surface area contributed by atoms with E-state index in [1.807, 2.05) is 42.5 Å². The van der Waals surface area contributed by atoms with E-state index in [2.05, 4.69) is 27.1 Å². The molecule has 2 aromatic carbocycles. The molecule has 2 heterocycles. The molecule has 1 fully saturated rings. The maximum absolute atomic E-state index is 13.2. The van der Waals surface area contributed by atoms with Gasteiger partial charge in [-0.25, -0.2) is 9.67 Å². The number of benzene rings is 2. The van der Waals surface area contributed by atoms with E-state index in [1.54, 1.807) is 23.0 Å². The number of nitrogens with zero attached hydrogens (tertiary/aromatic N) is 5. The van der Waals surface area contributed by atoms with Crippen molar-refractivity contribution in [3.63, 3.8) is 0 Å². The lowest BCUT2D eigenvalue weighted by atomic mass is 10.0. The van der Waals surface area contributed by atoms with Crippen molar-refractivity contribution in [1.82, 2.24) is 24.6 Å². The minimum absolute atomic E-state index is 0.00579. The number of rotatable bonds is 7. The molecule has 1 aliphatic rings. The summed E-state index contributed by atoms with van der Waals surface area (Å²) in [6.45, 7) is 2.90. The van der Waals surface area contributed by atoms with Crippen LogP contribution >= 0.6 is 0 Å². The fourth-order valence-electron chi connectivity index (χ4n) is 4.18. The van der Waals surface area contributed by atoms with Crippen LogP contribution in [0.5, 0.6) is 5.75 Å². The van der Waals surface area contributed by atoms with Gasteiger partial charge in [0.2, 0.25) is 5.91 Å². The molecule has 8 nitrogen and oxygen atoms in total. The Labute approximate surface area is 188 Å². The monoisotopic (exact) mass is 435 g/mol. The maximum atomic E-state index is 13.2. The number of hydrogen-bond donors (Lipinski definition) is 1. The van der Waals surface area contributed by atoms with E-state index in [-0.39, 0.29) is 25.4 Å². The first-order valence-corrected chi connectivity index (χ1v) is 10.7. The number of β-amino-alcohol motifs (C(OH)–C–C–N with tert-alkyl or cyclic N) is 1. The van der Waals surface area contributed by atoms with Crippen molar-refractivity contribution in [2.75, 3.05) is 33.3 Å². The molecule has 1 aromatic heterocycles. The highest BCUT2D eigenvalue weighted by molar-refractivity contribution is 5.79. The van der Waals surface area contributed by atoms with Gasteiger partial charge in [0.15, 0.2) is 0 Å². The van der Waals surface area contributed by atoms with Gasteiger partial charge in [-0.3, -0.25) is 9.69 Å². The van der Waals surface area contributed by atoms with Crippen LogP contribution in [0.2, 0.25) is 0 Å². The standard InChI is InChI=1S/C24H29N5O3/c1-32-22-9-7-20(8-10-22)13-23(30)28-12-11-27(14-21-5-3-2-4-6-21)15-24(31,16-28)17-29-19-25-18-26-29/h2-10,18-19,31H,11-17H2,1H3/t24-/m1/s1. The van der Waals surface area contributed by atoms with Gasteiger partial charge in [-0.1, -0.05) is 42.5 Å². The van der Waals surface area contributed by atoms with Gasteiger partial charge in [0.1, 0.15) is 24.0 Å². The van der Waals surface area contributed by atoms with Gasteiger partial charge < -0.3 is 14.7 Å². The van der Waals surface area contributed by atoms with Crippen LogP contribution in [-0.2, 0) is 24.3 Å². The minimum Gasteiger partial charge on any atom is -0.497 e. The van der Waals surface area contributed by atoms with Gasteiger partial charge in [-0.2, -0.15) is 5.10 Å². The largest absolute Gasteiger partial charge is 0.497 e. The smallest absolute Gasteiger partial charge is 0.227 e. The summed E-state index contributed by atoms with van der Waals surface area (Å²) in [5.74, 6) is 0.753. The Morgan fingerprint density at radius 1 is 1.06 bits per heavy atom. The average molecular weight is 436 g/mol. The van der Waals surface area contributed by atoms with Crippen LogP contribution in [0.4, 0.5) is 0 Å². The van der Waals surface area contributed by atoms with Crippen LogP contribution in [0.25, 0.3) is 0 Å². The van der Waals surface area contributed by atoms with Crippen LogP contribution in [0.15, 0.2) is 67.3 Å². The molecule has 8 heteroatoms. The van der Waals surface area contributed by atoms with E-state index in [9.17, 15) is 9.90 Å². The first kappa shape index (κ1) is 22.0. The predicted octanol–water partition coefficient (Wildman–Crippen LogP) is 1.60. The lowest BCUT2D eigenvalue weighted by molar-refractivity contribution is -0.133. The number of aromatic nitrogens is 3. The molecule has 4 rings (SSSR count). The molecule has 3 aromatic rings. The molecule has 0 aliphatic carbocycles. The number of carbonyl (C=O) groups is 1. The highest BCUT2D eigenvalue weighted by atomic mass is 16.5. The highest BCUT2D eigenvalue weighted by Gasteiger charge is 2.37. The van der Waals surface area contributed by atoms with Crippen molar-refractivity contribution in [2.24, 2.45) is 0 Å². The predicted molar refractivity (Wildman–Crippen MR) is 120 cm³/mol. The molecule has 0 radical (unpaired) electrons. The first-order chi connectivity index (χ1) is 15.5. The molecule has 0 spiro atoms. The van der Waals surface area contributed by atoms with Crippen LogP contribution in [-0.4, -0.2) is 74.5 Å². The topological polar surface area (TPSA) is 83.7 Å². The number of aliphatic hydroxyl groups is 1. The summed E-state index contributed by atoms with van der Waals surface area (Å²) in [7, 11) is 1.62. The van der Waals surface area contributed by atoms with Crippen molar-refractivity contribution >= 4 is 5.91 Å². The van der Waals surface area contributed by atoms with Gasteiger partial charge in [0, 0.05) is 26.2 Å². The number of methoxy groups -OCH3 is 1. The molecule has 1 amide bonds. The van der Waals surface area contributed by atoms with Crippen molar-refractivity contribution in [1.29, 1.82) is 0 Å². The van der Waals surface area contributed by atoms with E-state index in [0.29, 0.717) is 26.2 Å². The van der Waals surface area contributed by atoms with Gasteiger partial charge in [-0.05, 0) is 23.3 Å². The number of amides is 1. The SMILES string of the molecule is COc1ccc(CC(=O)N2CCN(Cc3ccccc3)C[C@](O)(Cn3cncn3)C2)cc1. The molecule has 32 heavy (non-hydrogen) atoms. The molecule has 1 atom stereocenters. The molecule has 1 N–H and O–H groups in total. The van der Waals surface area contributed by atoms with Gasteiger partial charge in [-0.15, -0.1) is 0 Å². The quantitative estimate of drug-likeness (QED) is 0.607. The summed E-state index contributed by atoms with van der Waals surface area (Å²) in [6.07, 6.45) is 3.32. The van der Waals surface area contributed by atoms with E-state index in [0.717, 1.165) is 11.3 Å². The third-order valence-corrected chi connectivity index (χ3v) is 5.73. The van der Waals surface area contributed by atoms with Crippen LogP contribution < -0.4 is 4.74 Å². The van der Waals surface area contributed by atoms with Gasteiger partial charge in [0.05, 0.1) is 26.6 Å². The summed E-state index contributed by atoms with van der Waals surface area (Å²) >= 11 is 0. The summed E-state index contributed by atoms with van der Waals surface area (Å²) in [5.41, 5.74) is 0.948. The molecule has 1 aliphatic heterocycles. The fourth-order valence-corrected chi connectivity index (χ4v) is 4.18. The molecule has 0 saturated carbocycles. The van der Waals surface area contributed by atoms with Crippen molar-refractivity contribution in [3.05, 3.63) is 78.4 Å². The Morgan fingerprint density at radius 3 is 2.53 bits per heavy atom. The zero-order valence-electron chi connectivity index (χ0n) is 18.3. The summed E-state index contributed by atoms with van der Waals surface area (Å²) in [4.78, 5) is 21.1. The lowest BCUT2D eigenvalue weighted by Crippen LogP contribution is -2.51. The second-order valence-corrected chi connectivity index (χ2v) is 8.35. The Morgan fingerprint density at radius 2 is 1.84 bits per heavy atom. The zero-order chi connectivity index (χ0) is 22.4. The molecule has 0 unspecified atom stereocenters. The van der Waals surface area contributed by atoms with E-state index < -0.39 is 5.60 Å². The van der Waals surface area contributed by atoms with Crippen LogP contribution in [0.3, 0.4) is 0 Å². The van der Waals surface area contributed by atoms with E-state index in [1.165, 1.54) is 11.9 Å². The molecular formula is C24H29N5O3. The molecule has 1 saturated heterocycles. The average Bonchev–Trinajstić information content (AvgIpc) is 3.24. The third kappa shape index (κ3) is 5.72. The normalized spacial score (nSPS) is 19.5. The number of carbonyl (C=O) groups excluding carboxylic acids is 1. The van der Waals surface area contributed by atoms with Crippen LogP contribution in [0.1, 0.15) is 11.1 Å². The van der Waals surface area contributed by atoms with Crippen molar-refractivity contribution in [3.8, 4) is 5.75 Å². The Balaban J connectivity index is 1.50. The molecular weight excluding hydrogens is 406 g/mol. The van der Waals surface area contributed by atoms with Crippen molar-refractivity contribution in [2.45, 2.75) is 25.1 Å². The lowest BCUT2D eigenvalue weighted by Gasteiger charge is -2.33. The highest BCUT2D eigenvalue weighted by Crippen LogP contribution is 2.20. The maximum Gasteiger partial charge on any atom is 0.227 e.